The van der Waals surface area contributed by atoms with E-state index in [1.165, 1.54) is 0 Å². The standard InChI is InChI=1S/C29H27N2O6S.Na/c1-18(2)24(29(34)37-25(20-10-6-4-7-11-20)21-12-8-5-9-13-21)31-27(33)23(28(31)38(35)36)30-26(32)22-16-14-19(3)15-17-22;/h4-17,23,25,28H,1-3H3,(H,30,32);/q-1;+1. The van der Waals surface area contributed by atoms with Crippen LogP contribution in [0.1, 0.15) is 47.0 Å². The quantitative estimate of drug-likeness (QED) is 0.147. The molecule has 0 saturated carbocycles. The Morgan fingerprint density at radius 3 is 1.85 bits per heavy atom. The molecule has 2 unspecified atom stereocenters. The predicted molar refractivity (Wildman–Crippen MR) is 141 cm³/mol. The van der Waals surface area contributed by atoms with Gasteiger partial charge in [-0.15, -0.1) is 0 Å². The summed E-state index contributed by atoms with van der Waals surface area (Å²) >= 11 is 0. The molecule has 3 aromatic rings. The van der Waals surface area contributed by atoms with Gasteiger partial charge in [-0.2, -0.15) is 0 Å². The van der Waals surface area contributed by atoms with Crippen LogP contribution in [0.3, 0.4) is 0 Å². The van der Waals surface area contributed by atoms with Crippen LogP contribution in [0.4, 0.5) is 0 Å². The number of carbonyl (C=O) groups is 3. The van der Waals surface area contributed by atoms with Gasteiger partial charge in [0.1, 0.15) is 11.7 Å². The summed E-state index contributed by atoms with van der Waals surface area (Å²) in [6, 6.07) is 23.5. The summed E-state index contributed by atoms with van der Waals surface area (Å²) in [6.07, 6.45) is -0.788. The third-order valence-corrected chi connectivity index (χ3v) is 7.06. The second-order valence-corrected chi connectivity index (χ2v) is 10.1. The van der Waals surface area contributed by atoms with Crippen molar-refractivity contribution >= 4 is 28.5 Å². The second kappa shape index (κ2) is 13.2. The van der Waals surface area contributed by atoms with Gasteiger partial charge in [0.15, 0.2) is 6.10 Å². The number of aryl methyl sites for hydroxylation is 1. The Morgan fingerprint density at radius 1 is 0.872 bits per heavy atom. The number of nitrogens with one attached hydrogen (secondary N) is 1. The molecule has 2 atom stereocenters. The molecule has 0 bridgehead atoms. The minimum Gasteiger partial charge on any atom is -0.448 e. The molecule has 1 aliphatic heterocycles. The molecule has 3 aromatic carbocycles. The predicted octanol–water partition coefficient (Wildman–Crippen LogP) is 1.20. The van der Waals surface area contributed by atoms with Gasteiger partial charge in [-0.3, -0.25) is 9.59 Å². The Bertz CT molecular complexity index is 1400. The molecule has 0 spiro atoms. The van der Waals surface area contributed by atoms with E-state index in [0.717, 1.165) is 10.5 Å². The Kier molecular flexibility index (Phi) is 10.3. The smallest absolute Gasteiger partial charge is 0.448 e. The molecule has 1 aliphatic rings. The van der Waals surface area contributed by atoms with Crippen molar-refractivity contribution in [1.82, 2.24) is 10.2 Å². The summed E-state index contributed by atoms with van der Waals surface area (Å²) in [7, 11) is -2.82. The number of esters is 1. The number of nitrogens with zero attached hydrogens (tertiary/aromatic N) is 1. The van der Waals surface area contributed by atoms with Gasteiger partial charge in [0, 0.05) is 10.9 Å². The number of β-lactam (4-membered cyclic amide) rings is 1. The number of hydrogen-bond acceptors (Lipinski definition) is 7. The molecule has 2 amide bonds. The van der Waals surface area contributed by atoms with E-state index in [1.54, 1.807) is 38.1 Å². The van der Waals surface area contributed by atoms with E-state index >= 15 is 0 Å². The molecule has 0 radical (unpaired) electrons. The number of likely N-dealkylation sites (tertiary alicyclic amines) is 1. The van der Waals surface area contributed by atoms with Crippen molar-refractivity contribution in [3.8, 4) is 0 Å². The maximum atomic E-state index is 13.5. The molecule has 1 N–H and O–H groups in total. The van der Waals surface area contributed by atoms with Gasteiger partial charge in [-0.25, -0.2) is 4.79 Å². The molecule has 4 rings (SSSR count). The molecule has 1 saturated heterocycles. The van der Waals surface area contributed by atoms with Crippen molar-refractivity contribution in [2.24, 2.45) is 0 Å². The normalized spacial score (nSPS) is 16.2. The molecule has 0 aromatic heterocycles. The maximum absolute atomic E-state index is 13.5. The molecule has 0 aliphatic carbocycles. The minimum absolute atomic E-state index is 0. The molecule has 1 heterocycles. The van der Waals surface area contributed by atoms with Crippen molar-refractivity contribution in [2.45, 2.75) is 38.3 Å². The summed E-state index contributed by atoms with van der Waals surface area (Å²) in [5.74, 6) is -2.16. The van der Waals surface area contributed by atoms with Gasteiger partial charge < -0.3 is 23.4 Å². The van der Waals surface area contributed by atoms with Crippen LogP contribution in [0.15, 0.2) is 96.2 Å². The number of benzene rings is 3. The van der Waals surface area contributed by atoms with Crippen molar-refractivity contribution < 1.29 is 57.1 Å². The zero-order valence-electron chi connectivity index (χ0n) is 22.1. The van der Waals surface area contributed by atoms with E-state index in [-0.39, 0.29) is 40.8 Å². The average molecular weight is 555 g/mol. The fourth-order valence-electron chi connectivity index (χ4n) is 4.25. The summed E-state index contributed by atoms with van der Waals surface area (Å²) in [6.45, 7) is 5.05. The number of ether oxygens (including phenoxy) is 1. The van der Waals surface area contributed by atoms with Crippen molar-refractivity contribution in [1.29, 1.82) is 0 Å². The van der Waals surface area contributed by atoms with Gasteiger partial charge in [0.2, 0.25) is 5.91 Å². The van der Waals surface area contributed by atoms with E-state index in [2.05, 4.69) is 5.32 Å². The van der Waals surface area contributed by atoms with E-state index in [9.17, 15) is 22.8 Å². The molecular weight excluding hydrogens is 527 g/mol. The summed E-state index contributed by atoms with van der Waals surface area (Å²) < 4.78 is 30.3. The van der Waals surface area contributed by atoms with E-state index in [0.29, 0.717) is 16.7 Å². The molecule has 39 heavy (non-hydrogen) atoms. The monoisotopic (exact) mass is 554 g/mol. The van der Waals surface area contributed by atoms with Crippen molar-refractivity contribution in [3.05, 3.63) is 118 Å². The SMILES string of the molecule is CC(C)=C(C(=O)OC(c1ccccc1)c1ccccc1)N1C(=O)C(NC(=O)c2ccc(C)cc2)C1[S-](=O)=O.[Na+]. The van der Waals surface area contributed by atoms with Crippen LogP contribution in [0.25, 0.3) is 0 Å². The van der Waals surface area contributed by atoms with Crippen LogP contribution in [-0.4, -0.2) is 34.1 Å². The van der Waals surface area contributed by atoms with Crippen LogP contribution in [-0.2, 0) is 33.4 Å². The third-order valence-electron chi connectivity index (χ3n) is 6.18. The fourth-order valence-corrected chi connectivity index (χ4v) is 5.04. The van der Waals surface area contributed by atoms with Gasteiger partial charge in [-0.05, 0) is 49.6 Å². The Balaban J connectivity index is 0.00000420. The number of hydrogen-bond donors (Lipinski definition) is 1. The van der Waals surface area contributed by atoms with Crippen molar-refractivity contribution in [3.63, 3.8) is 0 Å². The Morgan fingerprint density at radius 2 is 1.38 bits per heavy atom. The first-order valence-corrected chi connectivity index (χ1v) is 13.1. The third kappa shape index (κ3) is 6.67. The first kappa shape index (κ1) is 30.3. The number of carbonyl (C=O) groups excluding carboxylic acids is 3. The van der Waals surface area contributed by atoms with E-state index in [4.69, 9.17) is 4.74 Å². The van der Waals surface area contributed by atoms with Gasteiger partial charge in [0.25, 0.3) is 5.91 Å². The molecule has 1 fully saturated rings. The first-order valence-electron chi connectivity index (χ1n) is 12.0. The summed E-state index contributed by atoms with van der Waals surface area (Å²) in [5, 5.41) is 1.02. The van der Waals surface area contributed by atoms with Crippen LogP contribution < -0.4 is 34.9 Å². The number of allylic oxidation sites excluding steroid dienone is 1. The molecular formula is C29H27N2NaO6S. The van der Waals surface area contributed by atoms with Crippen LogP contribution >= 0.6 is 0 Å². The Hall–Kier alpha value is -3.24. The van der Waals surface area contributed by atoms with Gasteiger partial charge in [-0.1, -0.05) is 89.1 Å². The minimum atomic E-state index is -2.82. The molecule has 196 valence electrons. The van der Waals surface area contributed by atoms with Gasteiger partial charge >= 0.3 is 35.5 Å². The van der Waals surface area contributed by atoms with Crippen LogP contribution in [0.5, 0.6) is 0 Å². The fraction of sp³-hybridized carbons (Fsp3) is 0.207. The summed E-state index contributed by atoms with van der Waals surface area (Å²) in [4.78, 5) is 40.3. The average Bonchev–Trinajstić information content (AvgIpc) is 2.91. The topological polar surface area (TPSA) is 110 Å². The van der Waals surface area contributed by atoms with Crippen LogP contribution in [0, 0.1) is 6.92 Å². The van der Waals surface area contributed by atoms with E-state index < -0.39 is 46.0 Å². The maximum Gasteiger partial charge on any atom is 1.00 e. The number of amides is 2. The van der Waals surface area contributed by atoms with Crippen molar-refractivity contribution in [2.75, 3.05) is 0 Å². The molecule has 8 nitrogen and oxygen atoms in total. The zero-order valence-corrected chi connectivity index (χ0v) is 24.9. The zero-order chi connectivity index (χ0) is 27.4. The second-order valence-electron chi connectivity index (χ2n) is 9.13. The van der Waals surface area contributed by atoms with E-state index in [1.807, 2.05) is 67.6 Å². The summed E-state index contributed by atoms with van der Waals surface area (Å²) in [5.41, 5.74) is 2.86. The van der Waals surface area contributed by atoms with Gasteiger partial charge in [0.05, 0.1) is 0 Å². The Labute approximate surface area is 251 Å². The van der Waals surface area contributed by atoms with Crippen LogP contribution in [0.2, 0.25) is 0 Å². The first-order chi connectivity index (χ1) is 18.2. The largest absolute Gasteiger partial charge is 1.00 e. The molecule has 10 heteroatoms. The number of rotatable bonds is 8.